The zero-order valence-corrected chi connectivity index (χ0v) is 11.8. The molecule has 0 radical (unpaired) electrons. The summed E-state index contributed by atoms with van der Waals surface area (Å²) in [6, 6.07) is 8.06. The zero-order chi connectivity index (χ0) is 14.4. The van der Waals surface area contributed by atoms with E-state index < -0.39 is 5.97 Å². The van der Waals surface area contributed by atoms with Crippen molar-refractivity contribution in [2.24, 2.45) is 0 Å². The lowest BCUT2D eigenvalue weighted by molar-refractivity contribution is -0.669. The van der Waals surface area contributed by atoms with Crippen molar-refractivity contribution in [3.8, 4) is 0 Å². The molecular weight excluding hydrogens is 274 g/mol. The largest absolute Gasteiger partial charge is 0.481 e. The number of thiazole rings is 1. The minimum atomic E-state index is -0.758. The Balaban J connectivity index is 2.21. The minimum Gasteiger partial charge on any atom is -0.481 e. The molecule has 4 nitrogen and oxygen atoms in total. The van der Waals surface area contributed by atoms with Gasteiger partial charge in [-0.25, -0.2) is 0 Å². The van der Waals surface area contributed by atoms with Gasteiger partial charge >= 0.3 is 5.97 Å². The van der Waals surface area contributed by atoms with Crippen LogP contribution >= 0.6 is 11.3 Å². The Morgan fingerprint density at radius 1 is 1.30 bits per heavy atom. The first kappa shape index (κ1) is 14.4. The van der Waals surface area contributed by atoms with Crippen molar-refractivity contribution in [2.45, 2.75) is 25.8 Å². The summed E-state index contributed by atoms with van der Waals surface area (Å²) < 4.78 is 3.30. The summed E-state index contributed by atoms with van der Waals surface area (Å²) in [7, 11) is 0. The van der Waals surface area contributed by atoms with E-state index in [2.05, 4.69) is 4.57 Å². The van der Waals surface area contributed by atoms with E-state index >= 15 is 0 Å². The van der Waals surface area contributed by atoms with Gasteiger partial charge in [0.2, 0.25) is 5.52 Å². The van der Waals surface area contributed by atoms with Crippen LogP contribution in [0.2, 0.25) is 0 Å². The number of aldehydes is 1. The number of nitrogens with zero attached hydrogens (tertiary/aromatic N) is 1. The number of aryl methyl sites for hydroxylation is 1. The van der Waals surface area contributed by atoms with Gasteiger partial charge in [-0.05, 0) is 18.6 Å². The molecular formula is C15H16NO3S+. The summed E-state index contributed by atoms with van der Waals surface area (Å²) in [4.78, 5) is 21.0. The Bertz CT molecular complexity index is 646. The Morgan fingerprint density at radius 2 is 2.10 bits per heavy atom. The molecule has 0 fully saturated rings. The van der Waals surface area contributed by atoms with Crippen molar-refractivity contribution in [1.29, 1.82) is 0 Å². The normalized spacial score (nSPS) is 11.2. The van der Waals surface area contributed by atoms with E-state index in [1.54, 1.807) is 17.4 Å². The molecule has 0 unspecified atom stereocenters. The molecule has 20 heavy (non-hydrogen) atoms. The number of aromatic nitrogens is 1. The van der Waals surface area contributed by atoms with E-state index in [-0.39, 0.29) is 6.42 Å². The van der Waals surface area contributed by atoms with Crippen molar-refractivity contribution >= 4 is 39.9 Å². The Labute approximate surface area is 121 Å². The van der Waals surface area contributed by atoms with Gasteiger partial charge in [-0.3, -0.25) is 9.59 Å². The van der Waals surface area contributed by atoms with Gasteiger partial charge < -0.3 is 5.11 Å². The molecule has 0 amide bonds. The summed E-state index contributed by atoms with van der Waals surface area (Å²) in [6.45, 7) is 0.760. The van der Waals surface area contributed by atoms with Crippen LogP contribution in [0.1, 0.15) is 24.3 Å². The maximum atomic E-state index is 10.5. The van der Waals surface area contributed by atoms with E-state index in [1.807, 2.05) is 24.3 Å². The van der Waals surface area contributed by atoms with E-state index in [4.69, 9.17) is 5.11 Å². The van der Waals surface area contributed by atoms with Crippen LogP contribution in [0.3, 0.4) is 0 Å². The number of hydrogen-bond donors (Lipinski definition) is 1. The van der Waals surface area contributed by atoms with Crippen molar-refractivity contribution in [2.75, 3.05) is 0 Å². The number of aliphatic carboxylic acids is 1. The predicted octanol–water partition coefficient (Wildman–Crippen LogP) is 2.66. The molecule has 0 bridgehead atoms. The zero-order valence-electron chi connectivity index (χ0n) is 11.0. The highest BCUT2D eigenvalue weighted by Gasteiger charge is 2.17. The summed E-state index contributed by atoms with van der Waals surface area (Å²) in [5.41, 5.74) is 1.12. The molecule has 0 aliphatic carbocycles. The lowest BCUT2D eigenvalue weighted by Gasteiger charge is -1.97. The molecule has 0 aliphatic rings. The number of carboxylic acid groups (broad SMARTS) is 1. The molecule has 0 atom stereocenters. The lowest BCUT2D eigenvalue weighted by atomic mass is 10.2. The van der Waals surface area contributed by atoms with Gasteiger partial charge in [0, 0.05) is 25.0 Å². The molecule has 1 aromatic heterocycles. The Kier molecular flexibility index (Phi) is 5.01. The molecule has 5 heteroatoms. The topological polar surface area (TPSA) is 58.2 Å². The van der Waals surface area contributed by atoms with Crippen molar-refractivity contribution in [1.82, 2.24) is 0 Å². The van der Waals surface area contributed by atoms with E-state index in [0.717, 1.165) is 34.5 Å². The molecule has 104 valence electrons. The molecule has 0 spiro atoms. The summed E-state index contributed by atoms with van der Waals surface area (Å²) in [6.07, 6.45) is 5.71. The first-order chi connectivity index (χ1) is 9.72. The van der Waals surface area contributed by atoms with Crippen LogP contribution in [0.4, 0.5) is 0 Å². The number of carbonyl (C=O) groups is 2. The highest BCUT2D eigenvalue weighted by atomic mass is 32.1. The number of carboxylic acids is 1. The smallest absolute Gasteiger partial charge is 0.303 e. The van der Waals surface area contributed by atoms with Gasteiger partial charge in [-0.2, -0.15) is 4.57 Å². The van der Waals surface area contributed by atoms with E-state index in [0.29, 0.717) is 6.42 Å². The van der Waals surface area contributed by atoms with Crippen LogP contribution in [0, 0.1) is 0 Å². The SMILES string of the molecule is O=CC=Cc1sc2ccccc2[n+]1CCCCC(=O)O. The molecule has 1 N–H and O–H groups in total. The van der Waals surface area contributed by atoms with Crippen LogP contribution in [0.15, 0.2) is 30.3 Å². The van der Waals surface area contributed by atoms with Crippen LogP contribution < -0.4 is 4.57 Å². The third-order valence-electron chi connectivity index (χ3n) is 2.98. The fraction of sp³-hybridized carbons (Fsp3) is 0.267. The fourth-order valence-electron chi connectivity index (χ4n) is 2.08. The maximum absolute atomic E-state index is 10.5. The van der Waals surface area contributed by atoms with Crippen LogP contribution in [-0.2, 0) is 16.1 Å². The molecule has 0 saturated carbocycles. The minimum absolute atomic E-state index is 0.197. The number of hydrogen-bond acceptors (Lipinski definition) is 3. The molecule has 2 aromatic rings. The number of fused-ring (bicyclic) bond motifs is 1. The first-order valence-corrected chi connectivity index (χ1v) is 7.29. The van der Waals surface area contributed by atoms with Gasteiger partial charge in [0.05, 0.1) is 0 Å². The van der Waals surface area contributed by atoms with Crippen molar-refractivity contribution in [3.63, 3.8) is 0 Å². The summed E-state index contributed by atoms with van der Waals surface area (Å²) >= 11 is 1.63. The first-order valence-electron chi connectivity index (χ1n) is 6.47. The van der Waals surface area contributed by atoms with E-state index in [1.165, 1.54) is 6.08 Å². The van der Waals surface area contributed by atoms with Crippen LogP contribution in [-0.4, -0.2) is 17.4 Å². The fourth-order valence-corrected chi connectivity index (χ4v) is 3.18. The van der Waals surface area contributed by atoms with Crippen LogP contribution in [0.25, 0.3) is 16.3 Å². The average Bonchev–Trinajstić information content (AvgIpc) is 2.79. The van der Waals surface area contributed by atoms with Gasteiger partial charge in [-0.15, -0.1) is 0 Å². The molecule has 1 aromatic carbocycles. The second-order valence-corrected chi connectivity index (χ2v) is 5.47. The van der Waals surface area contributed by atoms with Crippen molar-refractivity contribution < 1.29 is 19.3 Å². The number of rotatable bonds is 7. The molecule has 2 rings (SSSR count). The summed E-state index contributed by atoms with van der Waals surface area (Å²) in [5.74, 6) is -0.758. The standard InChI is InChI=1S/C15H15NO3S/c17-11-5-8-14-16(10-4-3-9-15(18)19)12-6-1-2-7-13(12)20-14/h1-2,5-8,11H,3-4,9-10H2/p+1. The number of unbranched alkanes of at least 4 members (excludes halogenated alkanes) is 1. The van der Waals surface area contributed by atoms with Gasteiger partial charge in [0.25, 0.3) is 5.01 Å². The van der Waals surface area contributed by atoms with Gasteiger partial charge in [-0.1, -0.05) is 23.5 Å². The number of para-hydroxylation sites is 1. The number of benzene rings is 1. The summed E-state index contributed by atoms with van der Waals surface area (Å²) in [5, 5.41) is 9.67. The maximum Gasteiger partial charge on any atom is 0.303 e. The molecule has 1 heterocycles. The average molecular weight is 290 g/mol. The molecule has 0 saturated heterocycles. The lowest BCUT2D eigenvalue weighted by Crippen LogP contribution is -2.35. The number of carbonyl (C=O) groups excluding carboxylic acids is 1. The predicted molar refractivity (Wildman–Crippen MR) is 78.6 cm³/mol. The quantitative estimate of drug-likeness (QED) is 0.369. The van der Waals surface area contributed by atoms with Crippen LogP contribution in [0.5, 0.6) is 0 Å². The van der Waals surface area contributed by atoms with Gasteiger partial charge in [0.15, 0.2) is 6.54 Å². The second kappa shape index (κ2) is 6.96. The second-order valence-electron chi connectivity index (χ2n) is 4.41. The highest BCUT2D eigenvalue weighted by Crippen LogP contribution is 2.21. The van der Waals surface area contributed by atoms with Crippen molar-refractivity contribution in [3.05, 3.63) is 35.3 Å². The molecule has 0 aliphatic heterocycles. The van der Waals surface area contributed by atoms with Gasteiger partial charge in [0.1, 0.15) is 11.0 Å². The highest BCUT2D eigenvalue weighted by molar-refractivity contribution is 7.18. The Morgan fingerprint density at radius 3 is 2.85 bits per heavy atom. The number of allylic oxidation sites excluding steroid dienone is 1. The Hall–Kier alpha value is -2.01. The van der Waals surface area contributed by atoms with E-state index in [9.17, 15) is 9.59 Å². The third kappa shape index (κ3) is 3.51. The third-order valence-corrected chi connectivity index (χ3v) is 4.11. The monoisotopic (exact) mass is 290 g/mol.